The number of aromatic nitrogens is 3. The fourth-order valence-electron chi connectivity index (χ4n) is 1.27. The topological polar surface area (TPSA) is 100 Å². The van der Waals surface area contributed by atoms with Gasteiger partial charge in [-0.05, 0) is 6.42 Å². The van der Waals surface area contributed by atoms with Crippen molar-refractivity contribution in [2.45, 2.75) is 19.0 Å². The van der Waals surface area contributed by atoms with Gasteiger partial charge >= 0.3 is 5.97 Å². The molecule has 1 atom stereocenters. The van der Waals surface area contributed by atoms with Crippen molar-refractivity contribution in [3.63, 3.8) is 0 Å². The summed E-state index contributed by atoms with van der Waals surface area (Å²) in [5, 5.41) is 27.8. The summed E-state index contributed by atoms with van der Waals surface area (Å²) < 4.78 is 1.49. The van der Waals surface area contributed by atoms with Crippen molar-refractivity contribution in [1.29, 1.82) is 0 Å². The standard InChI is InChI=1S/C10H14N4O3/c1-2-4-11-9(10(16)17)8-7-14(13-12-8)5-3-6-15/h1,7,9,11,15H,3-6H2,(H,16,17). The molecule has 7 heteroatoms. The molecule has 0 saturated heterocycles. The summed E-state index contributed by atoms with van der Waals surface area (Å²) >= 11 is 0. The Hall–Kier alpha value is -1.91. The molecule has 0 saturated carbocycles. The lowest BCUT2D eigenvalue weighted by molar-refractivity contribution is -0.139. The summed E-state index contributed by atoms with van der Waals surface area (Å²) in [5.41, 5.74) is 0.297. The number of aliphatic hydroxyl groups is 1. The summed E-state index contributed by atoms with van der Waals surface area (Å²) in [6, 6.07) is -0.964. The highest BCUT2D eigenvalue weighted by atomic mass is 16.4. The third-order valence-electron chi connectivity index (χ3n) is 2.05. The molecule has 7 nitrogen and oxygen atoms in total. The zero-order valence-corrected chi connectivity index (χ0v) is 9.20. The lowest BCUT2D eigenvalue weighted by Gasteiger charge is -2.08. The van der Waals surface area contributed by atoms with Gasteiger partial charge in [0.1, 0.15) is 5.69 Å². The molecule has 92 valence electrons. The number of nitrogens with zero attached hydrogens (tertiary/aromatic N) is 3. The Kier molecular flexibility index (Phi) is 5.13. The maximum Gasteiger partial charge on any atom is 0.327 e. The van der Waals surface area contributed by atoms with Crippen LogP contribution in [0, 0.1) is 12.3 Å². The van der Waals surface area contributed by atoms with E-state index >= 15 is 0 Å². The number of terminal acetylenes is 1. The summed E-state index contributed by atoms with van der Waals surface area (Å²) in [4.78, 5) is 11.0. The molecule has 1 heterocycles. The van der Waals surface area contributed by atoms with E-state index in [4.69, 9.17) is 16.6 Å². The molecule has 0 fully saturated rings. The van der Waals surface area contributed by atoms with Gasteiger partial charge in [-0.3, -0.25) is 14.8 Å². The third-order valence-corrected chi connectivity index (χ3v) is 2.05. The van der Waals surface area contributed by atoms with E-state index in [2.05, 4.69) is 21.5 Å². The van der Waals surface area contributed by atoms with Crippen LogP contribution >= 0.6 is 0 Å². The Morgan fingerprint density at radius 3 is 3.06 bits per heavy atom. The maximum absolute atomic E-state index is 11.0. The first-order chi connectivity index (χ1) is 8.19. The van der Waals surface area contributed by atoms with Gasteiger partial charge in [0.05, 0.1) is 12.7 Å². The summed E-state index contributed by atoms with van der Waals surface area (Å²) in [6.45, 7) is 0.679. The number of carbonyl (C=O) groups is 1. The number of hydrogen-bond acceptors (Lipinski definition) is 5. The second-order valence-electron chi connectivity index (χ2n) is 3.34. The van der Waals surface area contributed by atoms with Gasteiger partial charge in [-0.25, -0.2) is 0 Å². The van der Waals surface area contributed by atoms with E-state index in [0.29, 0.717) is 18.7 Å². The average molecular weight is 238 g/mol. The molecule has 0 aliphatic carbocycles. The molecule has 0 aliphatic rings. The fraction of sp³-hybridized carbons (Fsp3) is 0.500. The van der Waals surface area contributed by atoms with Crippen molar-refractivity contribution < 1.29 is 15.0 Å². The Morgan fingerprint density at radius 2 is 2.47 bits per heavy atom. The number of carboxylic acid groups (broad SMARTS) is 1. The highest BCUT2D eigenvalue weighted by Crippen LogP contribution is 2.09. The SMILES string of the molecule is C#CCNC(C(=O)O)c1cn(CCCO)nn1. The zero-order chi connectivity index (χ0) is 12.7. The van der Waals surface area contributed by atoms with Crippen molar-refractivity contribution in [2.24, 2.45) is 0 Å². The lowest BCUT2D eigenvalue weighted by atomic mass is 10.2. The van der Waals surface area contributed by atoms with Crippen molar-refractivity contribution >= 4 is 5.97 Å². The van der Waals surface area contributed by atoms with Crippen molar-refractivity contribution in [3.8, 4) is 12.3 Å². The normalized spacial score (nSPS) is 12.0. The second-order valence-corrected chi connectivity index (χ2v) is 3.34. The smallest absolute Gasteiger partial charge is 0.327 e. The first-order valence-corrected chi connectivity index (χ1v) is 5.09. The van der Waals surface area contributed by atoms with Gasteiger partial charge < -0.3 is 10.2 Å². The minimum absolute atomic E-state index is 0.0485. The summed E-state index contributed by atoms with van der Waals surface area (Å²) in [7, 11) is 0. The number of aliphatic hydroxyl groups excluding tert-OH is 1. The Morgan fingerprint density at radius 1 is 1.71 bits per heavy atom. The van der Waals surface area contributed by atoms with E-state index in [1.807, 2.05) is 0 Å². The Balaban J connectivity index is 2.70. The molecule has 0 spiro atoms. The first kappa shape index (κ1) is 13.2. The summed E-state index contributed by atoms with van der Waals surface area (Å²) in [5.74, 6) is 1.24. The van der Waals surface area contributed by atoms with E-state index in [9.17, 15) is 4.79 Å². The monoisotopic (exact) mass is 238 g/mol. The molecule has 0 amide bonds. The molecule has 0 bridgehead atoms. The predicted octanol–water partition coefficient (Wildman–Crippen LogP) is -0.991. The number of carboxylic acids is 1. The van der Waals surface area contributed by atoms with Crippen LogP contribution < -0.4 is 5.32 Å². The van der Waals surface area contributed by atoms with Gasteiger partial charge in [-0.15, -0.1) is 11.5 Å². The van der Waals surface area contributed by atoms with Crippen LogP contribution in [0.3, 0.4) is 0 Å². The van der Waals surface area contributed by atoms with Crippen LogP contribution in [-0.2, 0) is 11.3 Å². The van der Waals surface area contributed by atoms with Crippen LogP contribution in [0.4, 0.5) is 0 Å². The fourth-order valence-corrected chi connectivity index (χ4v) is 1.27. The van der Waals surface area contributed by atoms with Crippen LogP contribution in [-0.4, -0.2) is 44.3 Å². The molecule has 1 aromatic rings. The highest BCUT2D eigenvalue weighted by Gasteiger charge is 2.22. The Bertz CT molecular complexity index is 410. The highest BCUT2D eigenvalue weighted by molar-refractivity contribution is 5.74. The molecule has 0 aromatic carbocycles. The molecule has 0 radical (unpaired) electrons. The number of nitrogens with one attached hydrogen (secondary N) is 1. The molecule has 1 aromatic heterocycles. The van der Waals surface area contributed by atoms with Gasteiger partial charge in [-0.1, -0.05) is 11.1 Å². The molecule has 1 unspecified atom stereocenters. The van der Waals surface area contributed by atoms with Crippen molar-refractivity contribution in [3.05, 3.63) is 11.9 Å². The third kappa shape index (κ3) is 3.86. The van der Waals surface area contributed by atoms with Crippen LogP contribution in [0.2, 0.25) is 0 Å². The van der Waals surface area contributed by atoms with E-state index in [1.54, 1.807) is 0 Å². The second kappa shape index (κ2) is 6.62. The molecular weight excluding hydrogens is 224 g/mol. The molecule has 1 rings (SSSR count). The van der Waals surface area contributed by atoms with Gasteiger partial charge in [0.25, 0.3) is 0 Å². The van der Waals surface area contributed by atoms with Crippen LogP contribution in [0.25, 0.3) is 0 Å². The van der Waals surface area contributed by atoms with Crippen molar-refractivity contribution in [1.82, 2.24) is 20.3 Å². The zero-order valence-electron chi connectivity index (χ0n) is 9.20. The van der Waals surface area contributed by atoms with Gasteiger partial charge in [-0.2, -0.15) is 0 Å². The largest absolute Gasteiger partial charge is 0.480 e. The minimum atomic E-state index is -1.06. The quantitative estimate of drug-likeness (QED) is 0.527. The number of hydrogen-bond donors (Lipinski definition) is 3. The van der Waals surface area contributed by atoms with E-state index in [0.717, 1.165) is 0 Å². The molecular formula is C10H14N4O3. The Labute approximate surface area is 98.4 Å². The molecule has 0 aliphatic heterocycles. The van der Waals surface area contributed by atoms with Crippen LogP contribution in [0.15, 0.2) is 6.20 Å². The predicted molar refractivity (Wildman–Crippen MR) is 58.9 cm³/mol. The van der Waals surface area contributed by atoms with E-state index < -0.39 is 12.0 Å². The number of aryl methyl sites for hydroxylation is 1. The number of rotatable bonds is 7. The molecule has 17 heavy (non-hydrogen) atoms. The lowest BCUT2D eigenvalue weighted by Crippen LogP contribution is -2.29. The van der Waals surface area contributed by atoms with E-state index in [1.165, 1.54) is 10.9 Å². The summed E-state index contributed by atoms with van der Waals surface area (Å²) in [6.07, 6.45) is 7.12. The number of aliphatic carboxylic acids is 1. The average Bonchev–Trinajstić information content (AvgIpc) is 2.75. The first-order valence-electron chi connectivity index (χ1n) is 5.09. The van der Waals surface area contributed by atoms with Gasteiger partial charge in [0, 0.05) is 13.2 Å². The van der Waals surface area contributed by atoms with E-state index in [-0.39, 0.29) is 13.2 Å². The maximum atomic E-state index is 11.0. The van der Waals surface area contributed by atoms with Gasteiger partial charge in [0.15, 0.2) is 6.04 Å². The van der Waals surface area contributed by atoms with Crippen molar-refractivity contribution in [2.75, 3.05) is 13.2 Å². The minimum Gasteiger partial charge on any atom is -0.480 e. The molecule has 3 N–H and O–H groups in total. The van der Waals surface area contributed by atoms with Crippen LogP contribution in [0.1, 0.15) is 18.2 Å². The van der Waals surface area contributed by atoms with Gasteiger partial charge in [0.2, 0.25) is 0 Å². The van der Waals surface area contributed by atoms with Crippen LogP contribution in [0.5, 0.6) is 0 Å².